The van der Waals surface area contributed by atoms with Gasteiger partial charge in [0.05, 0.1) is 37.3 Å². The lowest BCUT2D eigenvalue weighted by atomic mass is 10.00. The van der Waals surface area contributed by atoms with Crippen LogP contribution < -0.4 is 25.2 Å². The number of pyridine rings is 1. The molecule has 4 rings (SSSR count). The Morgan fingerprint density at radius 3 is 2.78 bits per heavy atom. The lowest BCUT2D eigenvalue weighted by Gasteiger charge is -2.45. The first kappa shape index (κ1) is 25.6. The van der Waals surface area contributed by atoms with Crippen molar-refractivity contribution in [1.29, 1.82) is 0 Å². The summed E-state index contributed by atoms with van der Waals surface area (Å²) in [6, 6.07) is 3.10. The third kappa shape index (κ3) is 6.18. The molecule has 2 aliphatic rings. The molecule has 2 aromatic heterocycles. The van der Waals surface area contributed by atoms with Crippen molar-refractivity contribution >= 4 is 29.3 Å². The van der Waals surface area contributed by atoms with Gasteiger partial charge in [-0.15, -0.1) is 0 Å². The van der Waals surface area contributed by atoms with Gasteiger partial charge < -0.3 is 24.8 Å². The number of nitrogens with zero attached hydrogens (tertiary/aromatic N) is 5. The summed E-state index contributed by atoms with van der Waals surface area (Å²) in [6.45, 7) is 7.75. The van der Waals surface area contributed by atoms with Gasteiger partial charge in [-0.1, -0.05) is 0 Å². The molecule has 3 N–H and O–H groups in total. The van der Waals surface area contributed by atoms with Gasteiger partial charge in [0.15, 0.2) is 17.4 Å². The average Bonchev–Trinajstić information content (AvgIpc) is 2.84. The molecule has 12 nitrogen and oxygen atoms in total. The Morgan fingerprint density at radius 2 is 2.06 bits per heavy atom. The number of rotatable bonds is 9. The van der Waals surface area contributed by atoms with Crippen LogP contribution in [0, 0.1) is 0 Å². The van der Waals surface area contributed by atoms with Gasteiger partial charge in [-0.05, 0) is 45.7 Å². The number of urea groups is 1. The van der Waals surface area contributed by atoms with E-state index in [-0.39, 0.29) is 29.5 Å². The standard InChI is InChI=1S/C24H33N7O5/c1-4-25-22(32)17-8-9-18-21(28-17)31(16-7-5-10-30(18)15-16)23(33)29-19-13-27-20(14-26-19)35-11-6-12-36-24(2,3)34/h8-9,13-14,16,34H,4-7,10-12,15H2,1-3H3,(H,25,32)(H,26,29,33)/t16-/m0/s1. The van der Waals surface area contributed by atoms with Crippen molar-refractivity contribution in [2.75, 3.05) is 48.0 Å². The number of anilines is 3. The van der Waals surface area contributed by atoms with Crippen molar-refractivity contribution in [2.24, 2.45) is 0 Å². The number of amides is 3. The van der Waals surface area contributed by atoms with Crippen molar-refractivity contribution in [3.05, 3.63) is 30.2 Å². The fraction of sp³-hybridized carbons (Fsp3) is 0.542. The second-order valence-electron chi connectivity index (χ2n) is 9.18. The van der Waals surface area contributed by atoms with E-state index in [1.165, 1.54) is 12.4 Å². The van der Waals surface area contributed by atoms with Crippen molar-refractivity contribution < 1.29 is 24.2 Å². The van der Waals surface area contributed by atoms with Gasteiger partial charge in [-0.25, -0.2) is 19.7 Å². The van der Waals surface area contributed by atoms with Crippen LogP contribution in [0.4, 0.5) is 22.1 Å². The lowest BCUT2D eigenvalue weighted by molar-refractivity contribution is -0.176. The van der Waals surface area contributed by atoms with E-state index < -0.39 is 5.79 Å². The van der Waals surface area contributed by atoms with E-state index in [1.54, 1.807) is 24.8 Å². The van der Waals surface area contributed by atoms with Crippen molar-refractivity contribution in [3.63, 3.8) is 0 Å². The Bertz CT molecular complexity index is 1070. The molecule has 0 radical (unpaired) electrons. The highest BCUT2D eigenvalue weighted by atomic mass is 16.6. The van der Waals surface area contributed by atoms with Crippen molar-refractivity contribution in [2.45, 2.75) is 51.9 Å². The first-order valence-electron chi connectivity index (χ1n) is 12.2. The van der Waals surface area contributed by atoms with Gasteiger partial charge in [-0.2, -0.15) is 0 Å². The number of aliphatic hydroxyl groups is 1. The summed E-state index contributed by atoms with van der Waals surface area (Å²) in [4.78, 5) is 42.6. The summed E-state index contributed by atoms with van der Waals surface area (Å²) in [7, 11) is 0. The summed E-state index contributed by atoms with van der Waals surface area (Å²) >= 11 is 0. The molecule has 12 heteroatoms. The molecule has 2 aromatic rings. The van der Waals surface area contributed by atoms with Crippen LogP contribution in [0.1, 0.15) is 50.5 Å². The maximum atomic E-state index is 13.4. The molecule has 3 amide bonds. The monoisotopic (exact) mass is 499 g/mol. The summed E-state index contributed by atoms with van der Waals surface area (Å²) in [6.07, 6.45) is 5.23. The summed E-state index contributed by atoms with van der Waals surface area (Å²) < 4.78 is 10.8. The van der Waals surface area contributed by atoms with E-state index in [4.69, 9.17) is 9.47 Å². The predicted molar refractivity (Wildman–Crippen MR) is 133 cm³/mol. The van der Waals surface area contributed by atoms with E-state index in [1.807, 2.05) is 13.0 Å². The number of fused-ring (bicyclic) bond motifs is 4. The van der Waals surface area contributed by atoms with Crippen LogP contribution in [0.15, 0.2) is 24.5 Å². The maximum Gasteiger partial charge on any atom is 0.329 e. The molecule has 0 aliphatic carbocycles. The number of aromatic nitrogens is 3. The second kappa shape index (κ2) is 11.0. The highest BCUT2D eigenvalue weighted by Gasteiger charge is 2.38. The van der Waals surface area contributed by atoms with Crippen LogP contribution in [0.3, 0.4) is 0 Å². The minimum absolute atomic E-state index is 0.0649. The van der Waals surface area contributed by atoms with E-state index in [9.17, 15) is 14.7 Å². The molecular formula is C24H33N7O5. The highest BCUT2D eigenvalue weighted by Crippen LogP contribution is 2.38. The van der Waals surface area contributed by atoms with E-state index >= 15 is 0 Å². The number of ether oxygens (including phenoxy) is 2. The Morgan fingerprint density at radius 1 is 1.22 bits per heavy atom. The summed E-state index contributed by atoms with van der Waals surface area (Å²) in [5.41, 5.74) is 1.10. The Kier molecular flexibility index (Phi) is 7.85. The van der Waals surface area contributed by atoms with Gasteiger partial charge in [0.2, 0.25) is 5.88 Å². The molecule has 0 spiro atoms. The zero-order valence-electron chi connectivity index (χ0n) is 20.9. The molecule has 1 atom stereocenters. The zero-order valence-corrected chi connectivity index (χ0v) is 20.9. The molecule has 0 aromatic carbocycles. The maximum absolute atomic E-state index is 13.4. The number of hydrogen-bond donors (Lipinski definition) is 3. The topological polar surface area (TPSA) is 142 Å². The lowest BCUT2D eigenvalue weighted by Crippen LogP contribution is -2.56. The molecule has 2 bridgehead atoms. The van der Waals surface area contributed by atoms with Crippen molar-refractivity contribution in [3.8, 4) is 5.88 Å². The molecule has 1 fully saturated rings. The summed E-state index contributed by atoms with van der Waals surface area (Å²) in [5.74, 6) is -0.398. The normalized spacial score (nSPS) is 16.8. The number of carbonyl (C=O) groups is 2. The van der Waals surface area contributed by atoms with Crippen LogP contribution in [-0.4, -0.2) is 76.7 Å². The largest absolute Gasteiger partial charge is 0.476 e. The van der Waals surface area contributed by atoms with E-state index in [0.717, 1.165) is 25.1 Å². The van der Waals surface area contributed by atoms with Crippen LogP contribution in [0.2, 0.25) is 0 Å². The smallest absolute Gasteiger partial charge is 0.329 e. The highest BCUT2D eigenvalue weighted by molar-refractivity contribution is 6.04. The second-order valence-corrected chi connectivity index (χ2v) is 9.18. The van der Waals surface area contributed by atoms with Gasteiger partial charge >= 0.3 is 6.03 Å². The van der Waals surface area contributed by atoms with Gasteiger partial charge in [-0.3, -0.25) is 15.0 Å². The van der Waals surface area contributed by atoms with Gasteiger partial charge in [0, 0.05) is 26.1 Å². The van der Waals surface area contributed by atoms with Gasteiger partial charge in [0.25, 0.3) is 5.91 Å². The quantitative estimate of drug-likeness (QED) is 0.349. The van der Waals surface area contributed by atoms with E-state index in [0.29, 0.717) is 44.4 Å². The average molecular weight is 500 g/mol. The van der Waals surface area contributed by atoms with Crippen LogP contribution in [0.5, 0.6) is 5.88 Å². The molecule has 1 saturated heterocycles. The third-order valence-electron chi connectivity index (χ3n) is 5.83. The number of piperidine rings is 1. The Balaban J connectivity index is 1.42. The number of hydrogen-bond acceptors (Lipinski definition) is 9. The number of nitrogens with one attached hydrogen (secondary N) is 2. The Hall–Kier alpha value is -3.51. The summed E-state index contributed by atoms with van der Waals surface area (Å²) in [5, 5.41) is 15.1. The first-order valence-corrected chi connectivity index (χ1v) is 12.2. The minimum atomic E-state index is -1.18. The minimum Gasteiger partial charge on any atom is -0.476 e. The molecule has 2 aliphatic heterocycles. The van der Waals surface area contributed by atoms with Crippen LogP contribution in [-0.2, 0) is 4.74 Å². The third-order valence-corrected chi connectivity index (χ3v) is 5.83. The van der Waals surface area contributed by atoms with Crippen LogP contribution in [0.25, 0.3) is 0 Å². The molecule has 0 unspecified atom stereocenters. The molecule has 0 saturated carbocycles. The van der Waals surface area contributed by atoms with E-state index in [2.05, 4.69) is 30.5 Å². The first-order chi connectivity index (χ1) is 17.2. The SMILES string of the molecule is CCNC(=O)c1ccc2c(n1)N(C(=O)Nc1cnc(OCCCOC(C)(C)O)cn1)[C@H]1CCCN2C1. The number of carbonyl (C=O) groups excluding carboxylic acids is 2. The van der Waals surface area contributed by atoms with Crippen molar-refractivity contribution in [1.82, 2.24) is 20.3 Å². The van der Waals surface area contributed by atoms with Crippen LogP contribution >= 0.6 is 0 Å². The van der Waals surface area contributed by atoms with Gasteiger partial charge in [0.1, 0.15) is 5.69 Å². The fourth-order valence-electron chi connectivity index (χ4n) is 4.24. The molecule has 36 heavy (non-hydrogen) atoms. The Labute approximate surface area is 210 Å². The molecule has 4 heterocycles. The zero-order chi connectivity index (χ0) is 25.7. The fourth-order valence-corrected chi connectivity index (χ4v) is 4.24. The predicted octanol–water partition coefficient (Wildman–Crippen LogP) is 2.16. The molecular weight excluding hydrogens is 466 g/mol. The molecule has 194 valence electrons.